The van der Waals surface area contributed by atoms with E-state index in [1.807, 2.05) is 6.92 Å². The highest BCUT2D eigenvalue weighted by Gasteiger charge is 2.59. The molecule has 4 N–H and O–H groups in total. The summed E-state index contributed by atoms with van der Waals surface area (Å²) in [7, 11) is 0. The molecule has 0 unspecified atom stereocenters. The number of hydrogen-bond acceptors (Lipinski definition) is 13. The average molecular weight is 547 g/mol. The Morgan fingerprint density at radius 1 is 1.11 bits per heavy atom. The molecule has 0 bridgehead atoms. The fourth-order valence-electron chi connectivity index (χ4n) is 5.07. The van der Waals surface area contributed by atoms with E-state index in [0.29, 0.717) is 12.0 Å². The summed E-state index contributed by atoms with van der Waals surface area (Å²) in [5.74, 6) is -3.71. The molecule has 1 saturated carbocycles. The number of ether oxygens (including phenoxy) is 6. The second-order valence-corrected chi connectivity index (χ2v) is 10.2. The molecule has 2 aliphatic heterocycles. The second-order valence-electron chi connectivity index (χ2n) is 10.2. The van der Waals surface area contributed by atoms with Gasteiger partial charge in [-0.2, -0.15) is 0 Å². The van der Waals surface area contributed by atoms with E-state index in [0.717, 1.165) is 13.8 Å². The van der Waals surface area contributed by atoms with Gasteiger partial charge in [0, 0.05) is 19.8 Å². The molecule has 0 spiro atoms. The normalized spacial score (nSPS) is 39.3. The molecule has 0 amide bonds. The molecule has 0 aromatic heterocycles. The zero-order valence-electron chi connectivity index (χ0n) is 22.1. The molecular formula is C25H38O13. The summed E-state index contributed by atoms with van der Waals surface area (Å²) in [6.07, 6.45) is -7.10. The van der Waals surface area contributed by atoms with Crippen LogP contribution in [0, 0.1) is 17.8 Å². The third-order valence-electron chi connectivity index (χ3n) is 7.45. The molecule has 0 radical (unpaired) electrons. The van der Waals surface area contributed by atoms with Crippen molar-refractivity contribution in [2.75, 3.05) is 13.2 Å². The first-order valence-electron chi connectivity index (χ1n) is 12.7. The summed E-state index contributed by atoms with van der Waals surface area (Å²) in [6.45, 7) is 6.38. The van der Waals surface area contributed by atoms with Crippen molar-refractivity contribution in [1.29, 1.82) is 0 Å². The number of aliphatic hydroxyl groups excluding tert-OH is 3. The lowest BCUT2D eigenvalue weighted by Gasteiger charge is -2.43. The van der Waals surface area contributed by atoms with Crippen LogP contribution in [0.2, 0.25) is 0 Å². The number of esters is 3. The maximum Gasteiger partial charge on any atom is 0.311 e. The van der Waals surface area contributed by atoms with Gasteiger partial charge in [-0.05, 0) is 25.3 Å². The number of hydrogen-bond donors (Lipinski definition) is 4. The van der Waals surface area contributed by atoms with Crippen LogP contribution in [0.3, 0.4) is 0 Å². The van der Waals surface area contributed by atoms with Crippen LogP contribution in [0.25, 0.3) is 0 Å². The standard InChI is InChI=1S/C25H38O13/c1-6-11(2)22(31)38-23-18-15(7-17(29)25(18,5)32)14(9-33-23)10-34-24-21(36-13(4)28)20(35-12(3)27)19(30)16(8-26)37-24/h9,11,15-21,23-24,26,29-30,32H,6-8,10H2,1-5H3/t11-,15-,16-,17+,18-,19-,20+,21-,23+,24-,25-/m1/s1. The third-order valence-corrected chi connectivity index (χ3v) is 7.45. The minimum Gasteiger partial charge on any atom is -0.462 e. The number of fused-ring (bicyclic) bond motifs is 1. The first-order valence-corrected chi connectivity index (χ1v) is 12.7. The lowest BCUT2D eigenvalue weighted by atomic mass is 9.81. The summed E-state index contributed by atoms with van der Waals surface area (Å²) in [5, 5.41) is 41.8. The first kappa shape index (κ1) is 30.3. The van der Waals surface area contributed by atoms with Crippen molar-refractivity contribution in [3.05, 3.63) is 11.8 Å². The molecule has 0 aromatic carbocycles. The van der Waals surface area contributed by atoms with E-state index in [9.17, 15) is 34.8 Å². The Bertz CT molecular complexity index is 902. The molecule has 11 atom stereocenters. The number of rotatable bonds is 9. The smallest absolute Gasteiger partial charge is 0.311 e. The largest absolute Gasteiger partial charge is 0.462 e. The van der Waals surface area contributed by atoms with Crippen LogP contribution in [0.15, 0.2) is 11.8 Å². The van der Waals surface area contributed by atoms with Gasteiger partial charge in [0.05, 0.1) is 43.0 Å². The topological polar surface area (TPSA) is 188 Å². The predicted octanol–water partition coefficient (Wildman–Crippen LogP) is -0.478. The third kappa shape index (κ3) is 6.29. The van der Waals surface area contributed by atoms with Gasteiger partial charge in [0.15, 0.2) is 18.5 Å². The molecule has 13 nitrogen and oxygen atoms in total. The van der Waals surface area contributed by atoms with Crippen molar-refractivity contribution in [2.45, 2.75) is 96.2 Å². The monoisotopic (exact) mass is 546 g/mol. The van der Waals surface area contributed by atoms with Crippen molar-refractivity contribution in [2.24, 2.45) is 17.8 Å². The summed E-state index contributed by atoms with van der Waals surface area (Å²) in [4.78, 5) is 35.9. The highest BCUT2D eigenvalue weighted by Crippen LogP contribution is 2.49. The maximum atomic E-state index is 12.4. The van der Waals surface area contributed by atoms with Crippen LogP contribution in [0.1, 0.15) is 47.5 Å². The van der Waals surface area contributed by atoms with E-state index in [-0.39, 0.29) is 18.9 Å². The Morgan fingerprint density at radius 2 is 1.74 bits per heavy atom. The van der Waals surface area contributed by atoms with Crippen molar-refractivity contribution < 1.29 is 63.2 Å². The minimum atomic E-state index is -1.64. The van der Waals surface area contributed by atoms with E-state index in [2.05, 4.69) is 0 Å². The summed E-state index contributed by atoms with van der Waals surface area (Å²) < 4.78 is 33.1. The number of carbonyl (C=O) groups is 3. The molecular weight excluding hydrogens is 508 g/mol. The van der Waals surface area contributed by atoms with Crippen molar-refractivity contribution in [1.82, 2.24) is 0 Å². The molecule has 1 saturated heterocycles. The van der Waals surface area contributed by atoms with Crippen LogP contribution in [-0.4, -0.2) is 100 Å². The van der Waals surface area contributed by atoms with E-state index < -0.39 is 85.1 Å². The predicted molar refractivity (Wildman–Crippen MR) is 126 cm³/mol. The highest BCUT2D eigenvalue weighted by molar-refractivity contribution is 5.72. The SMILES string of the molecule is CC[C@@H](C)C(=O)O[C@@H]1OC=C(CO[C@@H]2O[C@H](CO)[C@@H](O)[C@H](OC(C)=O)[C@H]2OC(C)=O)[C@H]2C[C@H](O)[C@@](C)(O)[C@@H]12. The summed E-state index contributed by atoms with van der Waals surface area (Å²) >= 11 is 0. The Hall–Kier alpha value is -2.29. The lowest BCUT2D eigenvalue weighted by molar-refractivity contribution is -0.304. The van der Waals surface area contributed by atoms with Crippen molar-refractivity contribution in [3.8, 4) is 0 Å². The zero-order valence-corrected chi connectivity index (χ0v) is 22.1. The van der Waals surface area contributed by atoms with E-state index in [1.165, 1.54) is 13.2 Å². The van der Waals surface area contributed by atoms with Gasteiger partial charge in [-0.25, -0.2) is 0 Å². The Balaban J connectivity index is 1.82. The molecule has 3 aliphatic rings. The second kappa shape index (κ2) is 12.3. The summed E-state index contributed by atoms with van der Waals surface area (Å²) in [6, 6.07) is 0. The van der Waals surface area contributed by atoms with E-state index >= 15 is 0 Å². The van der Waals surface area contributed by atoms with Crippen LogP contribution >= 0.6 is 0 Å². The van der Waals surface area contributed by atoms with Crippen molar-refractivity contribution in [3.63, 3.8) is 0 Å². The number of carbonyl (C=O) groups excluding carboxylic acids is 3. The van der Waals surface area contributed by atoms with Gasteiger partial charge in [-0.1, -0.05) is 13.8 Å². The van der Waals surface area contributed by atoms with Crippen LogP contribution in [0.4, 0.5) is 0 Å². The summed E-state index contributed by atoms with van der Waals surface area (Å²) in [5.41, 5.74) is -1.15. The zero-order chi connectivity index (χ0) is 28.4. The molecule has 1 aliphatic carbocycles. The molecule has 2 heterocycles. The average Bonchev–Trinajstić information content (AvgIpc) is 3.09. The molecule has 38 heavy (non-hydrogen) atoms. The van der Waals surface area contributed by atoms with Gasteiger partial charge in [0.25, 0.3) is 0 Å². The fourth-order valence-corrected chi connectivity index (χ4v) is 5.07. The lowest BCUT2D eigenvalue weighted by Crippen LogP contribution is -2.61. The Labute approximate surface area is 220 Å². The van der Waals surface area contributed by atoms with Crippen LogP contribution in [0.5, 0.6) is 0 Å². The van der Waals surface area contributed by atoms with Gasteiger partial charge in [-0.3, -0.25) is 14.4 Å². The van der Waals surface area contributed by atoms with Gasteiger partial charge in [0.2, 0.25) is 6.29 Å². The fraction of sp³-hybridized carbons (Fsp3) is 0.800. The Kier molecular flexibility index (Phi) is 9.76. The van der Waals surface area contributed by atoms with Crippen LogP contribution in [-0.2, 0) is 42.8 Å². The molecule has 0 aromatic rings. The molecule has 13 heteroatoms. The Morgan fingerprint density at radius 3 is 2.32 bits per heavy atom. The minimum absolute atomic E-state index is 0.126. The molecule has 3 rings (SSSR count). The first-order chi connectivity index (χ1) is 17.8. The maximum absolute atomic E-state index is 12.4. The quantitative estimate of drug-likeness (QED) is 0.215. The van der Waals surface area contributed by atoms with Gasteiger partial charge in [0.1, 0.15) is 12.2 Å². The molecule has 216 valence electrons. The van der Waals surface area contributed by atoms with Crippen molar-refractivity contribution >= 4 is 17.9 Å². The highest BCUT2D eigenvalue weighted by atomic mass is 16.7. The number of aliphatic hydroxyl groups is 4. The van der Waals surface area contributed by atoms with E-state index in [4.69, 9.17) is 28.4 Å². The van der Waals surface area contributed by atoms with Crippen LogP contribution < -0.4 is 0 Å². The molecule has 2 fully saturated rings. The van der Waals surface area contributed by atoms with Gasteiger partial charge < -0.3 is 48.8 Å². The van der Waals surface area contributed by atoms with Gasteiger partial charge in [-0.15, -0.1) is 0 Å². The van der Waals surface area contributed by atoms with Gasteiger partial charge >= 0.3 is 17.9 Å². The van der Waals surface area contributed by atoms with E-state index in [1.54, 1.807) is 6.92 Å².